The zero-order valence-corrected chi connectivity index (χ0v) is 29.1. The number of benzene rings is 3. The van der Waals surface area contributed by atoms with E-state index in [0.29, 0.717) is 10.6 Å². The van der Waals surface area contributed by atoms with E-state index in [1.54, 1.807) is 25.1 Å². The molecule has 0 heterocycles. The molecule has 1 N–H and O–H groups in total. The van der Waals surface area contributed by atoms with Gasteiger partial charge in [-0.1, -0.05) is 66.2 Å². The van der Waals surface area contributed by atoms with Crippen LogP contribution in [0.25, 0.3) is 0 Å². The van der Waals surface area contributed by atoms with Gasteiger partial charge in [0, 0.05) is 29.2 Å². The first-order chi connectivity index (χ1) is 22.2. The molecule has 1 atom stereocenters. The minimum absolute atomic E-state index is 0.0365. The number of nitrogens with one attached hydrogen (secondary N) is 1. The van der Waals surface area contributed by atoms with Crippen molar-refractivity contribution >= 4 is 68.0 Å². The lowest BCUT2D eigenvalue weighted by molar-refractivity contribution is -0.385. The summed E-state index contributed by atoms with van der Waals surface area (Å²) in [5, 5.41) is 15.4. The molecule has 15 heteroatoms. The van der Waals surface area contributed by atoms with E-state index in [1.807, 2.05) is 0 Å². The largest absolute Gasteiger partial charge is 0.495 e. The first-order valence-electron chi connectivity index (χ1n) is 14.9. The number of ether oxygens (including phenoxy) is 1. The van der Waals surface area contributed by atoms with Crippen LogP contribution in [0.4, 0.5) is 11.4 Å². The first-order valence-corrected chi connectivity index (χ1v) is 17.5. The maximum absolute atomic E-state index is 14.3. The molecule has 252 valence electrons. The maximum Gasteiger partial charge on any atom is 0.273 e. The van der Waals surface area contributed by atoms with E-state index in [4.69, 9.17) is 39.5 Å². The number of nitro benzene ring substituents is 1. The average molecular weight is 726 g/mol. The van der Waals surface area contributed by atoms with Gasteiger partial charge in [-0.05, 0) is 68.7 Å². The zero-order chi connectivity index (χ0) is 34.5. The van der Waals surface area contributed by atoms with Crippen molar-refractivity contribution in [1.82, 2.24) is 10.2 Å². The lowest BCUT2D eigenvalue weighted by Gasteiger charge is -2.33. The summed E-state index contributed by atoms with van der Waals surface area (Å²) in [7, 11) is -3.33. The number of nitrogens with zero attached hydrogens (tertiary/aromatic N) is 3. The molecule has 0 aromatic heterocycles. The fourth-order valence-electron chi connectivity index (χ4n) is 5.43. The van der Waals surface area contributed by atoms with Crippen LogP contribution in [0.1, 0.15) is 50.2 Å². The smallest absolute Gasteiger partial charge is 0.273 e. The summed E-state index contributed by atoms with van der Waals surface area (Å²) >= 11 is 18.7. The number of carbonyl (C=O) groups is 2. The van der Waals surface area contributed by atoms with E-state index in [-0.39, 0.29) is 39.6 Å². The van der Waals surface area contributed by atoms with Crippen molar-refractivity contribution in [2.75, 3.05) is 18.0 Å². The SMILES string of the molecule is COc1ccc(Cl)cc1N(CC(=O)N(Cc1ccc(Cl)c(Cl)c1)C(C)C(=O)NC1CCCCC1)S(=O)(=O)c1ccc(C)c([N+](=O)[O-])c1. The predicted octanol–water partition coefficient (Wildman–Crippen LogP) is 6.93. The fourth-order valence-corrected chi connectivity index (χ4v) is 7.36. The van der Waals surface area contributed by atoms with Gasteiger partial charge in [0.2, 0.25) is 11.8 Å². The Balaban J connectivity index is 1.79. The van der Waals surface area contributed by atoms with Crippen molar-refractivity contribution in [1.29, 1.82) is 0 Å². The Morgan fingerprint density at radius 2 is 1.72 bits per heavy atom. The Hall–Kier alpha value is -3.58. The van der Waals surface area contributed by atoms with Crippen LogP contribution in [-0.2, 0) is 26.2 Å². The second-order valence-corrected chi connectivity index (χ2v) is 14.4. The molecule has 1 aliphatic rings. The van der Waals surface area contributed by atoms with E-state index in [1.165, 1.54) is 49.3 Å². The van der Waals surface area contributed by atoms with Gasteiger partial charge < -0.3 is 15.0 Å². The van der Waals surface area contributed by atoms with Crippen LogP contribution in [-0.4, -0.2) is 55.8 Å². The molecule has 0 bridgehead atoms. The number of hydrogen-bond acceptors (Lipinski definition) is 7. The Bertz CT molecular complexity index is 1770. The predicted molar refractivity (Wildman–Crippen MR) is 182 cm³/mol. The van der Waals surface area contributed by atoms with Gasteiger partial charge in [-0.25, -0.2) is 8.42 Å². The second kappa shape index (κ2) is 15.5. The number of aryl methyl sites for hydroxylation is 1. The lowest BCUT2D eigenvalue weighted by Crippen LogP contribution is -2.53. The van der Waals surface area contributed by atoms with Crippen LogP contribution in [0.5, 0.6) is 5.75 Å². The highest BCUT2D eigenvalue weighted by molar-refractivity contribution is 7.92. The third kappa shape index (κ3) is 8.67. The number of methoxy groups -OCH3 is 1. The van der Waals surface area contributed by atoms with Crippen molar-refractivity contribution in [2.45, 2.75) is 69.5 Å². The van der Waals surface area contributed by atoms with E-state index in [9.17, 15) is 28.1 Å². The van der Waals surface area contributed by atoms with Gasteiger partial charge in [-0.15, -0.1) is 0 Å². The van der Waals surface area contributed by atoms with Gasteiger partial charge in [-0.3, -0.25) is 24.0 Å². The minimum atomic E-state index is -4.66. The van der Waals surface area contributed by atoms with Crippen molar-refractivity contribution in [3.63, 3.8) is 0 Å². The third-order valence-corrected chi connectivity index (χ3v) is 10.8. The quantitative estimate of drug-likeness (QED) is 0.158. The van der Waals surface area contributed by atoms with E-state index in [2.05, 4.69) is 5.32 Å². The number of halogens is 3. The standard InChI is InChI=1S/C32H35Cl3N4O7S/c1-20-9-12-25(17-28(20)39(42)43)47(44,45)38(29-16-23(33)11-14-30(29)46-3)19-31(40)37(18-22-10-13-26(34)27(35)15-22)21(2)32(41)36-24-7-5-4-6-8-24/h9-17,21,24H,4-8,18-19H2,1-3H3,(H,36,41). The number of sulfonamides is 1. The number of rotatable bonds is 12. The number of hydrogen-bond donors (Lipinski definition) is 1. The molecule has 1 aliphatic carbocycles. The molecule has 2 amide bonds. The highest BCUT2D eigenvalue weighted by Crippen LogP contribution is 2.36. The summed E-state index contributed by atoms with van der Waals surface area (Å²) in [5.74, 6) is -1.06. The van der Waals surface area contributed by atoms with Gasteiger partial charge in [0.15, 0.2) is 0 Å². The molecular weight excluding hydrogens is 691 g/mol. The van der Waals surface area contributed by atoms with Crippen molar-refractivity contribution < 1.29 is 27.7 Å². The van der Waals surface area contributed by atoms with Gasteiger partial charge in [0.1, 0.15) is 18.3 Å². The molecule has 3 aromatic carbocycles. The molecule has 0 saturated heterocycles. The minimum Gasteiger partial charge on any atom is -0.495 e. The Kier molecular flexibility index (Phi) is 12.0. The van der Waals surface area contributed by atoms with Gasteiger partial charge in [0.05, 0.1) is 32.7 Å². The molecule has 11 nitrogen and oxygen atoms in total. The van der Waals surface area contributed by atoms with E-state index < -0.39 is 49.9 Å². The van der Waals surface area contributed by atoms with E-state index >= 15 is 0 Å². The van der Waals surface area contributed by atoms with Crippen molar-refractivity contribution in [3.8, 4) is 5.75 Å². The van der Waals surface area contributed by atoms with Crippen molar-refractivity contribution in [3.05, 3.63) is 90.9 Å². The molecule has 1 unspecified atom stereocenters. The van der Waals surface area contributed by atoms with Crippen LogP contribution in [0.3, 0.4) is 0 Å². The lowest BCUT2D eigenvalue weighted by atomic mass is 9.95. The summed E-state index contributed by atoms with van der Waals surface area (Å²) in [6.07, 6.45) is 4.70. The van der Waals surface area contributed by atoms with Gasteiger partial charge >= 0.3 is 0 Å². The Morgan fingerprint density at radius 1 is 1.02 bits per heavy atom. The molecule has 0 spiro atoms. The summed E-state index contributed by atoms with van der Waals surface area (Å²) < 4.78 is 34.8. The molecule has 1 saturated carbocycles. The van der Waals surface area contributed by atoms with Gasteiger partial charge in [0.25, 0.3) is 15.7 Å². The summed E-state index contributed by atoms with van der Waals surface area (Å²) in [6.45, 7) is 2.14. The summed E-state index contributed by atoms with van der Waals surface area (Å²) in [5.41, 5.74) is 0.312. The molecule has 0 radical (unpaired) electrons. The Labute approximate surface area is 288 Å². The second-order valence-electron chi connectivity index (χ2n) is 11.3. The number of nitro groups is 1. The molecule has 1 fully saturated rings. The van der Waals surface area contributed by atoms with Crippen LogP contribution >= 0.6 is 34.8 Å². The highest BCUT2D eigenvalue weighted by Gasteiger charge is 2.35. The average Bonchev–Trinajstić information content (AvgIpc) is 3.04. The number of amides is 2. The topological polar surface area (TPSA) is 139 Å². The molecule has 4 rings (SSSR count). The monoisotopic (exact) mass is 724 g/mol. The normalized spacial score (nSPS) is 14.3. The van der Waals surface area contributed by atoms with E-state index in [0.717, 1.165) is 42.5 Å². The summed E-state index contributed by atoms with van der Waals surface area (Å²) in [6, 6.07) is 11.4. The number of carbonyl (C=O) groups excluding carboxylic acids is 2. The molecule has 3 aromatic rings. The Morgan fingerprint density at radius 3 is 2.36 bits per heavy atom. The van der Waals surface area contributed by atoms with Crippen LogP contribution in [0.2, 0.25) is 15.1 Å². The fraction of sp³-hybridized carbons (Fsp3) is 0.375. The van der Waals surface area contributed by atoms with Crippen LogP contribution in [0.15, 0.2) is 59.5 Å². The number of anilines is 1. The van der Waals surface area contributed by atoms with Crippen LogP contribution < -0.4 is 14.4 Å². The molecule has 0 aliphatic heterocycles. The van der Waals surface area contributed by atoms with Gasteiger partial charge in [-0.2, -0.15) is 0 Å². The van der Waals surface area contributed by atoms with Crippen molar-refractivity contribution in [2.24, 2.45) is 0 Å². The van der Waals surface area contributed by atoms with Crippen LogP contribution in [0, 0.1) is 17.0 Å². The highest BCUT2D eigenvalue weighted by atomic mass is 35.5. The zero-order valence-electron chi connectivity index (χ0n) is 26.0. The first kappa shape index (κ1) is 36.3. The summed E-state index contributed by atoms with van der Waals surface area (Å²) in [4.78, 5) is 39.7. The maximum atomic E-state index is 14.3. The third-order valence-electron chi connectivity index (χ3n) is 8.11. The molecular formula is C32H35Cl3N4O7S. The molecule has 47 heavy (non-hydrogen) atoms.